The Morgan fingerprint density at radius 1 is 0.958 bits per heavy atom. The zero-order valence-corrected chi connectivity index (χ0v) is 28.5. The van der Waals surface area contributed by atoms with E-state index in [1.165, 1.54) is 33.7 Å². The van der Waals surface area contributed by atoms with Gasteiger partial charge in [-0.05, 0) is 56.4 Å². The van der Waals surface area contributed by atoms with Gasteiger partial charge in [-0.25, -0.2) is 0 Å². The molecule has 2 aromatic rings. The molecule has 16 heteroatoms. The van der Waals surface area contributed by atoms with Gasteiger partial charge in [0.15, 0.2) is 0 Å². The monoisotopic (exact) mass is 701 g/mol. The molecule has 0 radical (unpaired) electrons. The molecule has 1 fully saturated rings. The summed E-state index contributed by atoms with van der Waals surface area (Å²) < 4.78 is -0.544. The summed E-state index contributed by atoms with van der Waals surface area (Å²) in [7, 11) is 2.65. The quantitative estimate of drug-likeness (QED) is 0.166. The number of hydrogen-bond donors (Lipinski definition) is 8. The Morgan fingerprint density at radius 3 is 2.31 bits per heavy atom. The molecule has 1 saturated heterocycles. The van der Waals surface area contributed by atoms with Gasteiger partial charge in [0, 0.05) is 17.0 Å². The van der Waals surface area contributed by atoms with Crippen LogP contribution < -0.4 is 38.1 Å². The number of nitrogens with one attached hydrogen (secondary N) is 5. The van der Waals surface area contributed by atoms with Crippen LogP contribution in [-0.4, -0.2) is 88.3 Å². The fourth-order valence-electron chi connectivity index (χ4n) is 4.55. The van der Waals surface area contributed by atoms with Crippen molar-refractivity contribution in [3.05, 3.63) is 65.7 Å². The third kappa shape index (κ3) is 13.1. The Labute approximate surface area is 287 Å². The highest BCUT2D eigenvalue weighted by Crippen LogP contribution is 2.35. The SMILES string of the molecule is CC1(C)CNC(=O)C[C@@H](NC(=O)[C@@H](N)Cc2ccc(O)cc2)C(=O)NCC(=O)N[C@@H](CCc2ccccc2)C(=O)N[C@H](C(N)=O)CSS1. The zero-order chi connectivity index (χ0) is 35.3. The number of carbonyl (C=O) groups excluding carboxylic acids is 6. The average molecular weight is 702 g/mol. The first-order valence-electron chi connectivity index (χ1n) is 15.3. The van der Waals surface area contributed by atoms with Crippen LogP contribution in [0.25, 0.3) is 0 Å². The molecule has 6 amide bonds. The van der Waals surface area contributed by atoms with Gasteiger partial charge in [-0.2, -0.15) is 0 Å². The van der Waals surface area contributed by atoms with E-state index in [-0.39, 0.29) is 30.9 Å². The Kier molecular flexibility index (Phi) is 14.6. The smallest absolute Gasteiger partial charge is 0.243 e. The minimum atomic E-state index is -1.37. The van der Waals surface area contributed by atoms with Gasteiger partial charge in [-0.15, -0.1) is 0 Å². The van der Waals surface area contributed by atoms with E-state index in [0.29, 0.717) is 12.0 Å². The minimum Gasteiger partial charge on any atom is -0.508 e. The van der Waals surface area contributed by atoms with E-state index < -0.39 is 77.3 Å². The molecule has 0 aromatic heterocycles. The number of benzene rings is 2. The molecule has 2 aromatic carbocycles. The predicted molar refractivity (Wildman–Crippen MR) is 184 cm³/mol. The summed E-state index contributed by atoms with van der Waals surface area (Å²) in [6, 6.07) is 10.9. The molecule has 0 aliphatic carbocycles. The number of aromatic hydroxyl groups is 1. The maximum atomic E-state index is 13.3. The maximum Gasteiger partial charge on any atom is 0.243 e. The number of rotatable bonds is 8. The van der Waals surface area contributed by atoms with Gasteiger partial charge >= 0.3 is 0 Å². The minimum absolute atomic E-state index is 0.0545. The normalized spacial score (nSPS) is 22.0. The molecule has 260 valence electrons. The topological polar surface area (TPSA) is 235 Å². The van der Waals surface area contributed by atoms with Crippen LogP contribution in [0.15, 0.2) is 54.6 Å². The molecule has 1 heterocycles. The van der Waals surface area contributed by atoms with Crippen molar-refractivity contribution < 1.29 is 33.9 Å². The zero-order valence-electron chi connectivity index (χ0n) is 26.8. The van der Waals surface area contributed by atoms with Crippen molar-refractivity contribution in [3.8, 4) is 5.75 Å². The Balaban J connectivity index is 1.78. The fraction of sp³-hybridized carbons (Fsp3) is 0.438. The molecule has 0 unspecified atom stereocenters. The highest BCUT2D eigenvalue weighted by atomic mass is 33.1. The number of phenols is 1. The van der Waals surface area contributed by atoms with E-state index in [1.807, 2.05) is 44.2 Å². The molecule has 0 spiro atoms. The first-order valence-corrected chi connectivity index (χ1v) is 17.7. The van der Waals surface area contributed by atoms with Crippen molar-refractivity contribution in [2.24, 2.45) is 11.5 Å². The Morgan fingerprint density at radius 2 is 1.65 bits per heavy atom. The van der Waals surface area contributed by atoms with Crippen LogP contribution in [0.1, 0.15) is 37.8 Å². The largest absolute Gasteiger partial charge is 0.508 e. The summed E-state index contributed by atoms with van der Waals surface area (Å²) in [6.45, 7) is 3.33. The number of carbonyl (C=O) groups is 6. The van der Waals surface area contributed by atoms with E-state index in [4.69, 9.17) is 11.5 Å². The molecule has 48 heavy (non-hydrogen) atoms. The fourth-order valence-corrected chi connectivity index (χ4v) is 7.20. The molecule has 1 aliphatic rings. The molecule has 1 aliphatic heterocycles. The van der Waals surface area contributed by atoms with Crippen molar-refractivity contribution in [3.63, 3.8) is 0 Å². The van der Waals surface area contributed by atoms with Crippen molar-refractivity contribution in [2.75, 3.05) is 18.8 Å². The van der Waals surface area contributed by atoms with Gasteiger partial charge < -0.3 is 43.2 Å². The second-order valence-electron chi connectivity index (χ2n) is 12.0. The average Bonchev–Trinajstić information content (AvgIpc) is 3.04. The summed E-state index contributed by atoms with van der Waals surface area (Å²) in [6.07, 6.45) is 0.277. The number of nitrogens with two attached hydrogens (primary N) is 2. The van der Waals surface area contributed by atoms with Gasteiger partial charge in [-0.1, -0.05) is 64.1 Å². The summed E-state index contributed by atoms with van der Waals surface area (Å²) >= 11 is 0. The Hall–Kier alpha value is -4.28. The summed E-state index contributed by atoms with van der Waals surface area (Å²) in [4.78, 5) is 77.8. The second-order valence-corrected chi connectivity index (χ2v) is 15.0. The second kappa shape index (κ2) is 18.3. The van der Waals surface area contributed by atoms with Crippen LogP contribution >= 0.6 is 21.6 Å². The number of phenolic OH excluding ortho intramolecular Hbond substituents is 1. The lowest BCUT2D eigenvalue weighted by Crippen LogP contribution is -2.56. The van der Waals surface area contributed by atoms with Crippen molar-refractivity contribution in [1.29, 1.82) is 0 Å². The van der Waals surface area contributed by atoms with E-state index in [1.54, 1.807) is 12.1 Å². The highest BCUT2D eigenvalue weighted by Gasteiger charge is 2.30. The number of hydrogen-bond acceptors (Lipinski definition) is 10. The number of amides is 6. The van der Waals surface area contributed by atoms with Gasteiger partial charge in [0.25, 0.3) is 0 Å². The first kappa shape index (κ1) is 38.2. The Bertz CT molecular complexity index is 1440. The lowest BCUT2D eigenvalue weighted by Gasteiger charge is -2.26. The molecule has 0 saturated carbocycles. The van der Waals surface area contributed by atoms with Gasteiger partial charge in [0.2, 0.25) is 35.4 Å². The summed E-state index contributed by atoms with van der Waals surface area (Å²) in [5.74, 6) is -3.91. The standard InChI is InChI=1S/C32H43N7O7S2/c1-32(2)18-36-26(41)15-24(38-29(44)22(33)14-20-8-11-21(40)12-9-20)30(45)35-16-27(42)37-23(13-10-19-6-4-3-5-7-19)31(46)39-25(28(34)43)17-47-48-32/h3-9,11-12,22-25,40H,10,13-18,33H2,1-2H3,(H2,34,43)(H,35,45)(H,36,41)(H,37,42)(H,38,44)(H,39,46)/t22-,23-,24+,25-/m0/s1. The van der Waals surface area contributed by atoms with Crippen LogP contribution in [0, 0.1) is 0 Å². The molecular weight excluding hydrogens is 659 g/mol. The van der Waals surface area contributed by atoms with Crippen molar-refractivity contribution in [1.82, 2.24) is 26.6 Å². The van der Waals surface area contributed by atoms with E-state index in [9.17, 15) is 33.9 Å². The van der Waals surface area contributed by atoms with E-state index in [0.717, 1.165) is 5.56 Å². The van der Waals surface area contributed by atoms with Crippen LogP contribution in [0.4, 0.5) is 0 Å². The lowest BCUT2D eigenvalue weighted by molar-refractivity contribution is -0.133. The van der Waals surface area contributed by atoms with Crippen LogP contribution in [0.3, 0.4) is 0 Å². The molecule has 0 bridgehead atoms. The van der Waals surface area contributed by atoms with Crippen LogP contribution in [-0.2, 0) is 41.6 Å². The molecular formula is C32H43N7O7S2. The van der Waals surface area contributed by atoms with E-state index in [2.05, 4.69) is 26.6 Å². The predicted octanol–water partition coefficient (Wildman–Crippen LogP) is -0.369. The number of primary amides is 1. The molecule has 4 atom stereocenters. The third-order valence-electron chi connectivity index (χ3n) is 7.28. The van der Waals surface area contributed by atoms with Crippen LogP contribution in [0.2, 0.25) is 0 Å². The lowest BCUT2D eigenvalue weighted by atomic mass is 10.0. The summed E-state index contributed by atoms with van der Waals surface area (Å²) in [5, 5.41) is 22.5. The van der Waals surface area contributed by atoms with Gasteiger partial charge in [-0.3, -0.25) is 28.8 Å². The van der Waals surface area contributed by atoms with Crippen molar-refractivity contribution >= 4 is 57.0 Å². The third-order valence-corrected chi connectivity index (χ3v) is 10.6. The molecule has 10 N–H and O–H groups in total. The van der Waals surface area contributed by atoms with Crippen LogP contribution in [0.5, 0.6) is 5.75 Å². The van der Waals surface area contributed by atoms with Crippen molar-refractivity contribution in [2.45, 2.75) is 68.4 Å². The first-order chi connectivity index (χ1) is 22.7. The molecule has 14 nitrogen and oxygen atoms in total. The van der Waals surface area contributed by atoms with E-state index >= 15 is 0 Å². The van der Waals surface area contributed by atoms with Gasteiger partial charge in [0.05, 0.1) is 19.0 Å². The summed E-state index contributed by atoms with van der Waals surface area (Å²) in [5.41, 5.74) is 13.3. The van der Waals surface area contributed by atoms with Gasteiger partial charge in [0.1, 0.15) is 23.9 Å². The number of aryl methyl sites for hydroxylation is 1. The molecule has 3 rings (SSSR count). The highest BCUT2D eigenvalue weighted by molar-refractivity contribution is 8.77. The maximum absolute atomic E-state index is 13.3.